The molecule has 0 saturated heterocycles. The van der Waals surface area contributed by atoms with Gasteiger partial charge in [0, 0.05) is 5.02 Å². The Morgan fingerprint density at radius 3 is 2.16 bits per heavy atom. The SMILES string of the molecule is COc1ccc(Oc2ccc(/C=C3/C(C)=C(CC(=O)O)c4cc(Cl)ccc43)cc2)cc1. The van der Waals surface area contributed by atoms with Gasteiger partial charge in [-0.1, -0.05) is 29.8 Å². The van der Waals surface area contributed by atoms with Crippen LogP contribution in [0, 0.1) is 0 Å². The first-order valence-electron chi connectivity index (χ1n) is 9.80. The molecule has 0 radical (unpaired) electrons. The van der Waals surface area contributed by atoms with Gasteiger partial charge in [0.2, 0.25) is 0 Å². The number of hydrogen-bond acceptors (Lipinski definition) is 3. The van der Waals surface area contributed by atoms with Crippen LogP contribution in [0.25, 0.3) is 17.2 Å². The van der Waals surface area contributed by atoms with Crippen molar-refractivity contribution in [3.63, 3.8) is 0 Å². The molecule has 0 unspecified atom stereocenters. The number of ether oxygens (including phenoxy) is 2. The standard InChI is InChI=1S/C26H21ClO4/c1-16-23(22-12-5-18(27)14-25(22)24(16)15-26(28)29)13-17-3-6-20(7-4-17)31-21-10-8-19(30-2)9-11-21/h3-14H,15H2,1-2H3,(H,28,29)/b23-13-. The summed E-state index contributed by atoms with van der Waals surface area (Å²) in [4.78, 5) is 11.4. The highest BCUT2D eigenvalue weighted by Gasteiger charge is 2.25. The summed E-state index contributed by atoms with van der Waals surface area (Å²) in [6, 6.07) is 20.8. The fourth-order valence-electron chi connectivity index (χ4n) is 3.71. The fraction of sp³-hybridized carbons (Fsp3) is 0.115. The second-order valence-electron chi connectivity index (χ2n) is 7.27. The summed E-state index contributed by atoms with van der Waals surface area (Å²) in [7, 11) is 1.63. The van der Waals surface area contributed by atoms with E-state index in [0.29, 0.717) is 5.02 Å². The molecule has 156 valence electrons. The van der Waals surface area contributed by atoms with Crippen LogP contribution >= 0.6 is 11.6 Å². The van der Waals surface area contributed by atoms with Crippen molar-refractivity contribution >= 4 is 34.8 Å². The lowest BCUT2D eigenvalue weighted by molar-refractivity contribution is -0.135. The molecule has 0 spiro atoms. The number of benzene rings is 3. The third-order valence-electron chi connectivity index (χ3n) is 5.27. The van der Waals surface area contributed by atoms with E-state index in [1.165, 1.54) is 0 Å². The largest absolute Gasteiger partial charge is 0.497 e. The van der Waals surface area contributed by atoms with E-state index in [1.54, 1.807) is 7.11 Å². The summed E-state index contributed by atoms with van der Waals surface area (Å²) in [5, 5.41) is 9.93. The molecule has 0 aromatic heterocycles. The van der Waals surface area contributed by atoms with Crippen molar-refractivity contribution < 1.29 is 19.4 Å². The number of hydrogen-bond donors (Lipinski definition) is 1. The summed E-state index contributed by atoms with van der Waals surface area (Å²) in [6.45, 7) is 1.96. The number of carboxylic acid groups (broad SMARTS) is 1. The maximum atomic E-state index is 11.4. The first-order valence-corrected chi connectivity index (χ1v) is 10.2. The summed E-state index contributed by atoms with van der Waals surface area (Å²) in [5.74, 6) is 1.37. The van der Waals surface area contributed by atoms with Crippen LogP contribution in [0.15, 0.2) is 72.3 Å². The predicted molar refractivity (Wildman–Crippen MR) is 124 cm³/mol. The van der Waals surface area contributed by atoms with Gasteiger partial charge in [0.15, 0.2) is 0 Å². The van der Waals surface area contributed by atoms with Gasteiger partial charge in [-0.05, 0) is 94.9 Å². The Hall–Kier alpha value is -3.50. The van der Waals surface area contributed by atoms with Gasteiger partial charge in [-0.3, -0.25) is 4.79 Å². The Kier molecular flexibility index (Phi) is 5.83. The van der Waals surface area contributed by atoms with E-state index in [2.05, 4.69) is 6.08 Å². The fourth-order valence-corrected chi connectivity index (χ4v) is 3.88. The number of fused-ring (bicyclic) bond motifs is 1. The monoisotopic (exact) mass is 432 g/mol. The predicted octanol–water partition coefficient (Wildman–Crippen LogP) is 6.94. The highest BCUT2D eigenvalue weighted by atomic mass is 35.5. The molecule has 3 aromatic carbocycles. The van der Waals surface area contributed by atoms with Crippen LogP contribution in [0.4, 0.5) is 0 Å². The third-order valence-corrected chi connectivity index (χ3v) is 5.50. The van der Waals surface area contributed by atoms with Crippen molar-refractivity contribution in [2.24, 2.45) is 0 Å². The van der Waals surface area contributed by atoms with Crippen molar-refractivity contribution in [1.29, 1.82) is 0 Å². The van der Waals surface area contributed by atoms with Crippen molar-refractivity contribution in [1.82, 2.24) is 0 Å². The number of halogens is 1. The van der Waals surface area contributed by atoms with Gasteiger partial charge in [0.25, 0.3) is 0 Å². The summed E-state index contributed by atoms with van der Waals surface area (Å²) in [5.41, 5.74) is 5.64. The Labute approximate surface area is 186 Å². The molecule has 4 rings (SSSR count). The Bertz CT molecular complexity index is 1190. The molecule has 0 saturated carbocycles. The molecule has 4 nitrogen and oxygen atoms in total. The number of rotatable bonds is 6. The number of carbonyl (C=O) groups is 1. The number of methoxy groups -OCH3 is 1. The number of aliphatic carboxylic acids is 1. The van der Waals surface area contributed by atoms with E-state index >= 15 is 0 Å². The van der Waals surface area contributed by atoms with Crippen molar-refractivity contribution in [3.8, 4) is 17.2 Å². The third kappa shape index (κ3) is 4.49. The van der Waals surface area contributed by atoms with Crippen LogP contribution in [0.2, 0.25) is 5.02 Å². The second kappa shape index (κ2) is 8.70. The topological polar surface area (TPSA) is 55.8 Å². The summed E-state index contributed by atoms with van der Waals surface area (Å²) >= 11 is 6.17. The number of allylic oxidation sites excluding steroid dienone is 2. The molecule has 0 heterocycles. The van der Waals surface area contributed by atoms with Gasteiger partial charge < -0.3 is 14.6 Å². The minimum absolute atomic E-state index is 0.0366. The van der Waals surface area contributed by atoms with E-state index < -0.39 is 5.97 Å². The smallest absolute Gasteiger partial charge is 0.307 e. The van der Waals surface area contributed by atoms with E-state index in [0.717, 1.165) is 50.7 Å². The zero-order chi connectivity index (χ0) is 22.0. The molecule has 1 N–H and O–H groups in total. The van der Waals surface area contributed by atoms with Crippen molar-refractivity contribution in [2.75, 3.05) is 7.11 Å². The number of carboxylic acids is 1. The van der Waals surface area contributed by atoms with Gasteiger partial charge >= 0.3 is 5.97 Å². The molecule has 0 amide bonds. The van der Waals surface area contributed by atoms with Crippen LogP contribution in [0.1, 0.15) is 30.0 Å². The average Bonchev–Trinajstić information content (AvgIpc) is 3.00. The van der Waals surface area contributed by atoms with Crippen LogP contribution in [-0.4, -0.2) is 18.2 Å². The lowest BCUT2D eigenvalue weighted by Gasteiger charge is -2.08. The van der Waals surface area contributed by atoms with E-state index in [1.807, 2.05) is 73.7 Å². The molecule has 5 heteroatoms. The summed E-state index contributed by atoms with van der Waals surface area (Å²) < 4.78 is 11.1. The van der Waals surface area contributed by atoms with Gasteiger partial charge in [0.1, 0.15) is 17.2 Å². The van der Waals surface area contributed by atoms with E-state index in [4.69, 9.17) is 21.1 Å². The zero-order valence-electron chi connectivity index (χ0n) is 17.2. The minimum atomic E-state index is -0.860. The first kappa shape index (κ1) is 20.8. The molecule has 0 bridgehead atoms. The lowest BCUT2D eigenvalue weighted by Crippen LogP contribution is -1.96. The van der Waals surface area contributed by atoms with Crippen molar-refractivity contribution in [2.45, 2.75) is 13.3 Å². The van der Waals surface area contributed by atoms with Gasteiger partial charge in [0.05, 0.1) is 13.5 Å². The molecule has 0 aliphatic heterocycles. The lowest BCUT2D eigenvalue weighted by atomic mass is 10.0. The summed E-state index contributed by atoms with van der Waals surface area (Å²) in [6.07, 6.45) is 2.03. The average molecular weight is 433 g/mol. The molecular weight excluding hydrogens is 412 g/mol. The zero-order valence-corrected chi connectivity index (χ0v) is 17.9. The maximum Gasteiger partial charge on any atom is 0.307 e. The Morgan fingerprint density at radius 2 is 1.55 bits per heavy atom. The molecule has 31 heavy (non-hydrogen) atoms. The highest BCUT2D eigenvalue weighted by Crippen LogP contribution is 2.44. The maximum absolute atomic E-state index is 11.4. The van der Waals surface area contributed by atoms with Crippen LogP contribution in [-0.2, 0) is 4.79 Å². The minimum Gasteiger partial charge on any atom is -0.497 e. The quantitative estimate of drug-likeness (QED) is 0.458. The Morgan fingerprint density at radius 1 is 0.935 bits per heavy atom. The van der Waals surface area contributed by atoms with Crippen LogP contribution in [0.3, 0.4) is 0 Å². The van der Waals surface area contributed by atoms with Crippen LogP contribution in [0.5, 0.6) is 17.2 Å². The molecule has 1 aliphatic carbocycles. The van der Waals surface area contributed by atoms with E-state index in [-0.39, 0.29) is 6.42 Å². The molecule has 1 aliphatic rings. The highest BCUT2D eigenvalue weighted by molar-refractivity contribution is 6.31. The second-order valence-corrected chi connectivity index (χ2v) is 7.71. The first-order chi connectivity index (χ1) is 14.9. The van der Waals surface area contributed by atoms with Gasteiger partial charge in [-0.2, -0.15) is 0 Å². The molecule has 0 fully saturated rings. The molecule has 0 atom stereocenters. The van der Waals surface area contributed by atoms with E-state index in [9.17, 15) is 9.90 Å². The van der Waals surface area contributed by atoms with Crippen molar-refractivity contribution in [3.05, 3.63) is 94.0 Å². The Balaban J connectivity index is 1.61. The molecule has 3 aromatic rings. The normalized spacial score (nSPS) is 14.0. The van der Waals surface area contributed by atoms with Gasteiger partial charge in [-0.15, -0.1) is 0 Å². The van der Waals surface area contributed by atoms with Crippen LogP contribution < -0.4 is 9.47 Å². The molecular formula is C26H21ClO4. The van der Waals surface area contributed by atoms with Gasteiger partial charge in [-0.25, -0.2) is 0 Å².